The lowest BCUT2D eigenvalue weighted by atomic mass is 10.1. The van der Waals surface area contributed by atoms with Crippen molar-refractivity contribution < 1.29 is 13.2 Å². The van der Waals surface area contributed by atoms with Gasteiger partial charge in [0.1, 0.15) is 0 Å². The van der Waals surface area contributed by atoms with Gasteiger partial charge in [-0.05, 0) is 54.9 Å². The van der Waals surface area contributed by atoms with Gasteiger partial charge in [0.05, 0.1) is 11.3 Å². The number of halogens is 4. The van der Waals surface area contributed by atoms with E-state index >= 15 is 0 Å². The fourth-order valence-electron chi connectivity index (χ4n) is 2.49. The number of nitrogens with zero attached hydrogens (tertiary/aromatic N) is 2. The van der Waals surface area contributed by atoms with Crippen LogP contribution in [-0.4, -0.2) is 21.0 Å². The third-order valence-corrected chi connectivity index (χ3v) is 4.42. The van der Waals surface area contributed by atoms with Crippen molar-refractivity contribution in [2.24, 2.45) is 0 Å². The van der Waals surface area contributed by atoms with Crippen LogP contribution < -0.4 is 5.32 Å². The Bertz CT molecular complexity index is 763. The van der Waals surface area contributed by atoms with Gasteiger partial charge in [-0.3, -0.25) is 4.98 Å². The van der Waals surface area contributed by atoms with E-state index in [0.29, 0.717) is 6.54 Å². The second-order valence-corrected chi connectivity index (χ2v) is 6.66. The zero-order chi connectivity index (χ0) is 18.0. The van der Waals surface area contributed by atoms with Gasteiger partial charge in [-0.2, -0.15) is 13.2 Å². The Labute approximate surface area is 153 Å². The molecule has 0 spiro atoms. The quantitative estimate of drug-likeness (QED) is 0.740. The average Bonchev–Trinajstić information content (AvgIpc) is 3.39. The molecule has 2 aromatic rings. The minimum atomic E-state index is -4.52. The summed E-state index contributed by atoms with van der Waals surface area (Å²) in [5.41, 5.74) is 0.0175. The number of thiocarbonyl (C=S) groups is 1. The molecule has 0 bridgehead atoms. The van der Waals surface area contributed by atoms with Crippen LogP contribution in [0, 0.1) is 0 Å². The summed E-state index contributed by atoms with van der Waals surface area (Å²) in [5, 5.41) is 3.03. The van der Waals surface area contributed by atoms with E-state index in [-0.39, 0.29) is 21.9 Å². The Morgan fingerprint density at radius 2 is 2.08 bits per heavy atom. The van der Waals surface area contributed by atoms with Crippen LogP contribution in [0.2, 0.25) is 5.02 Å². The van der Waals surface area contributed by atoms with Gasteiger partial charge in [-0.15, -0.1) is 0 Å². The van der Waals surface area contributed by atoms with Crippen LogP contribution in [0.25, 0.3) is 0 Å². The fraction of sp³-hybridized carbons (Fsp3) is 0.294. The summed E-state index contributed by atoms with van der Waals surface area (Å²) < 4.78 is 39.7. The van der Waals surface area contributed by atoms with Crippen molar-refractivity contribution in [3.8, 4) is 0 Å². The molecule has 25 heavy (non-hydrogen) atoms. The van der Waals surface area contributed by atoms with Crippen LogP contribution in [0.5, 0.6) is 0 Å². The zero-order valence-corrected chi connectivity index (χ0v) is 14.6. The SMILES string of the molecule is FC(F)(F)c1cc(Cl)ccc1NC(=S)N(Cc1cccnc1)C1CC1. The van der Waals surface area contributed by atoms with Crippen LogP contribution in [0.4, 0.5) is 18.9 Å². The molecule has 1 N–H and O–H groups in total. The topological polar surface area (TPSA) is 28.2 Å². The summed E-state index contributed by atoms with van der Waals surface area (Å²) in [4.78, 5) is 5.97. The Balaban J connectivity index is 1.80. The summed E-state index contributed by atoms with van der Waals surface area (Å²) >= 11 is 11.1. The van der Waals surface area contributed by atoms with Crippen molar-refractivity contribution in [3.63, 3.8) is 0 Å². The van der Waals surface area contributed by atoms with E-state index in [2.05, 4.69) is 10.3 Å². The normalized spacial score (nSPS) is 14.2. The summed E-state index contributed by atoms with van der Waals surface area (Å²) in [6, 6.07) is 7.57. The van der Waals surface area contributed by atoms with Gasteiger partial charge in [-0.1, -0.05) is 17.7 Å². The number of benzene rings is 1. The maximum Gasteiger partial charge on any atom is 0.418 e. The van der Waals surface area contributed by atoms with Gasteiger partial charge >= 0.3 is 6.18 Å². The Kier molecular flexibility index (Phi) is 5.15. The summed E-state index contributed by atoms with van der Waals surface area (Å²) in [7, 11) is 0. The molecule has 0 radical (unpaired) electrons. The Morgan fingerprint density at radius 1 is 1.32 bits per heavy atom. The van der Waals surface area contributed by atoms with Gasteiger partial charge in [0.2, 0.25) is 0 Å². The van der Waals surface area contributed by atoms with Crippen LogP contribution in [0.3, 0.4) is 0 Å². The van der Waals surface area contributed by atoms with Crippen molar-refractivity contribution in [1.82, 2.24) is 9.88 Å². The number of pyridine rings is 1. The highest BCUT2D eigenvalue weighted by molar-refractivity contribution is 7.80. The summed E-state index contributed by atoms with van der Waals surface area (Å²) in [6.45, 7) is 0.499. The van der Waals surface area contributed by atoms with Gasteiger partial charge in [0.25, 0.3) is 0 Å². The molecular weight excluding hydrogens is 371 g/mol. The minimum absolute atomic E-state index is 0.0261. The number of rotatable bonds is 4. The second kappa shape index (κ2) is 7.17. The van der Waals surface area contributed by atoms with E-state index in [1.54, 1.807) is 12.4 Å². The molecule has 0 atom stereocenters. The first-order valence-electron chi connectivity index (χ1n) is 7.68. The summed E-state index contributed by atoms with van der Waals surface area (Å²) in [6.07, 6.45) is 0.812. The predicted octanol–water partition coefficient (Wildman–Crippen LogP) is 5.12. The molecule has 1 aliphatic carbocycles. The van der Waals surface area contributed by atoms with Gasteiger partial charge < -0.3 is 10.2 Å². The molecule has 132 valence electrons. The van der Waals surface area contributed by atoms with E-state index < -0.39 is 11.7 Å². The second-order valence-electron chi connectivity index (χ2n) is 5.84. The van der Waals surface area contributed by atoms with Crippen molar-refractivity contribution in [3.05, 3.63) is 58.9 Å². The number of nitrogens with one attached hydrogen (secondary N) is 1. The molecule has 1 aliphatic rings. The molecule has 0 aliphatic heterocycles. The van der Waals surface area contributed by atoms with E-state index in [9.17, 15) is 13.2 Å². The smallest absolute Gasteiger partial charge is 0.342 e. The molecule has 1 aromatic heterocycles. The molecule has 1 aromatic carbocycles. The van der Waals surface area contributed by atoms with Gasteiger partial charge in [0, 0.05) is 30.0 Å². The first-order chi connectivity index (χ1) is 11.8. The maximum absolute atomic E-state index is 13.2. The lowest BCUT2D eigenvalue weighted by Gasteiger charge is -2.27. The Morgan fingerprint density at radius 3 is 2.68 bits per heavy atom. The van der Waals surface area contributed by atoms with E-state index in [0.717, 1.165) is 24.5 Å². The first-order valence-corrected chi connectivity index (χ1v) is 8.46. The monoisotopic (exact) mass is 385 g/mol. The summed E-state index contributed by atoms with van der Waals surface area (Å²) in [5.74, 6) is 0. The van der Waals surface area contributed by atoms with Crippen molar-refractivity contribution in [2.45, 2.75) is 31.6 Å². The van der Waals surface area contributed by atoms with Crippen molar-refractivity contribution >= 4 is 34.6 Å². The lowest BCUT2D eigenvalue weighted by Crippen LogP contribution is -2.36. The molecule has 1 fully saturated rings. The van der Waals surface area contributed by atoms with E-state index in [1.807, 2.05) is 17.0 Å². The lowest BCUT2D eigenvalue weighted by molar-refractivity contribution is -0.136. The largest absolute Gasteiger partial charge is 0.418 e. The molecule has 0 unspecified atom stereocenters. The average molecular weight is 386 g/mol. The molecular formula is C17H15ClF3N3S. The predicted molar refractivity (Wildman–Crippen MR) is 95.5 cm³/mol. The molecule has 0 saturated heterocycles. The molecule has 3 nitrogen and oxygen atoms in total. The number of alkyl halides is 3. The van der Waals surface area contributed by atoms with E-state index in [1.165, 1.54) is 12.1 Å². The third-order valence-electron chi connectivity index (χ3n) is 3.85. The highest BCUT2D eigenvalue weighted by Crippen LogP contribution is 2.37. The van der Waals surface area contributed by atoms with Crippen molar-refractivity contribution in [2.75, 3.05) is 5.32 Å². The number of hydrogen-bond donors (Lipinski definition) is 1. The van der Waals surface area contributed by atoms with Gasteiger partial charge in [0.15, 0.2) is 5.11 Å². The number of anilines is 1. The molecule has 0 amide bonds. The Hall–Kier alpha value is -1.86. The zero-order valence-electron chi connectivity index (χ0n) is 13.1. The molecule has 3 rings (SSSR count). The highest BCUT2D eigenvalue weighted by atomic mass is 35.5. The third kappa shape index (κ3) is 4.61. The number of hydrogen-bond acceptors (Lipinski definition) is 2. The first kappa shape index (κ1) is 17.9. The van der Waals surface area contributed by atoms with Crippen LogP contribution >= 0.6 is 23.8 Å². The van der Waals surface area contributed by atoms with E-state index in [4.69, 9.17) is 23.8 Å². The standard InChI is InChI=1S/C17H15ClF3N3S/c18-12-3-6-15(14(8-12)17(19,20)21)23-16(25)24(13-4-5-13)10-11-2-1-7-22-9-11/h1-3,6-9,13H,4-5,10H2,(H,23,25). The van der Waals surface area contributed by atoms with Crippen LogP contribution in [0.15, 0.2) is 42.7 Å². The van der Waals surface area contributed by atoms with Crippen LogP contribution in [0.1, 0.15) is 24.0 Å². The fourth-order valence-corrected chi connectivity index (χ4v) is 2.98. The molecule has 1 saturated carbocycles. The molecule has 1 heterocycles. The number of aromatic nitrogens is 1. The molecule has 8 heteroatoms. The van der Waals surface area contributed by atoms with Crippen molar-refractivity contribution in [1.29, 1.82) is 0 Å². The van der Waals surface area contributed by atoms with Gasteiger partial charge in [-0.25, -0.2) is 0 Å². The highest BCUT2D eigenvalue weighted by Gasteiger charge is 2.35. The minimum Gasteiger partial charge on any atom is -0.342 e. The van der Waals surface area contributed by atoms with Crippen LogP contribution in [-0.2, 0) is 12.7 Å². The maximum atomic E-state index is 13.2.